The van der Waals surface area contributed by atoms with Gasteiger partial charge < -0.3 is 20.6 Å². The van der Waals surface area contributed by atoms with Crippen LogP contribution in [0.5, 0.6) is 5.75 Å². The third-order valence-corrected chi connectivity index (χ3v) is 3.02. The Morgan fingerprint density at radius 1 is 1.50 bits per heavy atom. The van der Waals surface area contributed by atoms with Gasteiger partial charge in [0.15, 0.2) is 6.61 Å². The molecule has 1 aromatic rings. The number of nitrogens with zero attached hydrogens (tertiary/aromatic N) is 2. The number of hydrogen-bond acceptors (Lipinski definition) is 4. The lowest BCUT2D eigenvalue weighted by atomic mass is 10.1. The fraction of sp³-hybridized carbons (Fsp3) is 0.385. The minimum atomic E-state index is -0.232. The lowest BCUT2D eigenvalue weighted by Gasteiger charge is -2.20. The Bertz CT molecular complexity index is 476. The van der Waals surface area contributed by atoms with E-state index in [4.69, 9.17) is 27.3 Å². The maximum absolute atomic E-state index is 11.9. The van der Waals surface area contributed by atoms with Crippen LogP contribution in [0.25, 0.3) is 0 Å². The van der Waals surface area contributed by atoms with Crippen LogP contribution >= 0.6 is 11.6 Å². The first kappa shape index (κ1) is 16.1. The Labute approximate surface area is 122 Å². The van der Waals surface area contributed by atoms with E-state index in [2.05, 4.69) is 5.16 Å². The maximum Gasteiger partial charge on any atom is 0.260 e. The lowest BCUT2D eigenvalue weighted by Crippen LogP contribution is -2.38. The molecule has 1 atom stereocenters. The second-order valence-electron chi connectivity index (χ2n) is 4.44. The van der Waals surface area contributed by atoms with Gasteiger partial charge in [0.2, 0.25) is 0 Å². The highest BCUT2D eigenvalue weighted by Gasteiger charge is 2.15. The fourth-order valence-corrected chi connectivity index (χ4v) is 1.62. The smallest absolute Gasteiger partial charge is 0.260 e. The number of oxime groups is 1. The summed E-state index contributed by atoms with van der Waals surface area (Å²) >= 11 is 5.75. The van der Waals surface area contributed by atoms with Crippen LogP contribution in [-0.2, 0) is 4.79 Å². The Balaban J connectivity index is 2.44. The maximum atomic E-state index is 11.9. The molecule has 0 aliphatic heterocycles. The van der Waals surface area contributed by atoms with Gasteiger partial charge in [-0.25, -0.2) is 0 Å². The summed E-state index contributed by atoms with van der Waals surface area (Å²) in [5.74, 6) is 0.228. The second-order valence-corrected chi connectivity index (χ2v) is 4.88. The summed E-state index contributed by atoms with van der Waals surface area (Å²) in [6.45, 7) is 2.03. The van der Waals surface area contributed by atoms with E-state index in [1.54, 1.807) is 38.2 Å². The minimum absolute atomic E-state index is 0.0823. The number of ether oxygens (including phenoxy) is 1. The van der Waals surface area contributed by atoms with Gasteiger partial charge >= 0.3 is 0 Å². The molecule has 3 N–H and O–H groups in total. The Morgan fingerprint density at radius 2 is 2.10 bits per heavy atom. The van der Waals surface area contributed by atoms with Crippen LogP contribution < -0.4 is 10.5 Å². The van der Waals surface area contributed by atoms with E-state index in [-0.39, 0.29) is 24.3 Å². The molecule has 7 heteroatoms. The van der Waals surface area contributed by atoms with Crippen molar-refractivity contribution in [1.82, 2.24) is 4.90 Å². The van der Waals surface area contributed by atoms with Crippen molar-refractivity contribution in [1.29, 1.82) is 0 Å². The molecular weight excluding hydrogens is 282 g/mol. The van der Waals surface area contributed by atoms with E-state index in [1.165, 1.54) is 4.90 Å². The van der Waals surface area contributed by atoms with E-state index < -0.39 is 0 Å². The highest BCUT2D eigenvalue weighted by Crippen LogP contribution is 2.15. The van der Waals surface area contributed by atoms with Crippen molar-refractivity contribution in [2.45, 2.75) is 6.92 Å². The summed E-state index contributed by atoms with van der Waals surface area (Å²) < 4.78 is 5.35. The first-order valence-electron chi connectivity index (χ1n) is 6.03. The van der Waals surface area contributed by atoms with Gasteiger partial charge in [-0.05, 0) is 24.3 Å². The molecule has 0 bridgehead atoms. The molecule has 0 aromatic heterocycles. The van der Waals surface area contributed by atoms with E-state index in [0.29, 0.717) is 17.3 Å². The van der Waals surface area contributed by atoms with Gasteiger partial charge in [0.25, 0.3) is 5.91 Å². The predicted octanol–water partition coefficient (Wildman–Crippen LogP) is 1.56. The lowest BCUT2D eigenvalue weighted by molar-refractivity contribution is -0.132. The molecule has 0 aliphatic rings. The molecule has 1 rings (SSSR count). The van der Waals surface area contributed by atoms with Gasteiger partial charge in [-0.3, -0.25) is 4.79 Å². The van der Waals surface area contributed by atoms with Crippen molar-refractivity contribution in [3.8, 4) is 5.75 Å². The zero-order valence-electron chi connectivity index (χ0n) is 11.4. The van der Waals surface area contributed by atoms with E-state index in [0.717, 1.165) is 0 Å². The van der Waals surface area contributed by atoms with Crippen molar-refractivity contribution in [3.05, 3.63) is 29.3 Å². The largest absolute Gasteiger partial charge is 0.484 e. The number of nitrogens with two attached hydrogens (primary N) is 1. The summed E-state index contributed by atoms with van der Waals surface area (Å²) in [5, 5.41) is 12.1. The van der Waals surface area contributed by atoms with Gasteiger partial charge in [0, 0.05) is 24.5 Å². The minimum Gasteiger partial charge on any atom is -0.484 e. The highest BCUT2D eigenvalue weighted by atomic mass is 35.5. The number of amides is 1. The molecule has 0 saturated heterocycles. The molecule has 1 aromatic carbocycles. The van der Waals surface area contributed by atoms with Gasteiger partial charge in [0.1, 0.15) is 11.6 Å². The van der Waals surface area contributed by atoms with Gasteiger partial charge in [0.05, 0.1) is 0 Å². The molecule has 0 saturated carbocycles. The van der Waals surface area contributed by atoms with Gasteiger partial charge in [-0.2, -0.15) is 0 Å². The van der Waals surface area contributed by atoms with Crippen LogP contribution in [0.1, 0.15) is 6.92 Å². The SMILES string of the molecule is CC(CN(C)C(=O)COc1ccc(Cl)cc1)C(N)=NO. The first-order chi connectivity index (χ1) is 9.43. The quantitative estimate of drug-likeness (QED) is 0.361. The van der Waals surface area contributed by atoms with Crippen LogP contribution in [0, 0.1) is 5.92 Å². The summed E-state index contributed by atoms with van der Waals surface area (Å²) in [5.41, 5.74) is 5.46. The van der Waals surface area contributed by atoms with E-state index >= 15 is 0 Å². The molecule has 1 unspecified atom stereocenters. The molecule has 0 spiro atoms. The monoisotopic (exact) mass is 299 g/mol. The number of hydrogen-bond donors (Lipinski definition) is 2. The summed E-state index contributed by atoms with van der Waals surface area (Å²) in [6, 6.07) is 6.75. The number of benzene rings is 1. The third-order valence-electron chi connectivity index (χ3n) is 2.77. The zero-order chi connectivity index (χ0) is 15.1. The standard InChI is InChI=1S/C13H18ClN3O3/c1-9(13(15)16-19)7-17(2)12(18)8-20-11-5-3-10(14)4-6-11/h3-6,9,19H,7-8H2,1-2H3,(H2,15,16). The van der Waals surface area contributed by atoms with Crippen molar-refractivity contribution >= 4 is 23.3 Å². The zero-order valence-corrected chi connectivity index (χ0v) is 12.2. The molecule has 0 aliphatic carbocycles. The number of likely N-dealkylation sites (N-methyl/N-ethyl adjacent to an activating group) is 1. The van der Waals surface area contributed by atoms with Crippen LogP contribution in [0.2, 0.25) is 5.02 Å². The number of rotatable bonds is 6. The molecular formula is C13H18ClN3O3. The summed E-state index contributed by atoms with van der Waals surface area (Å²) in [7, 11) is 1.63. The molecule has 0 heterocycles. The molecule has 0 fully saturated rings. The average Bonchev–Trinajstić information content (AvgIpc) is 2.45. The summed E-state index contributed by atoms with van der Waals surface area (Å²) in [4.78, 5) is 13.3. The first-order valence-corrected chi connectivity index (χ1v) is 6.41. The molecule has 110 valence electrons. The Kier molecular flexibility index (Phi) is 6.11. The highest BCUT2D eigenvalue weighted by molar-refractivity contribution is 6.30. The topological polar surface area (TPSA) is 88.2 Å². The summed E-state index contributed by atoms with van der Waals surface area (Å²) in [6.07, 6.45) is 0. The Hall–Kier alpha value is -1.95. The average molecular weight is 300 g/mol. The molecule has 6 nitrogen and oxygen atoms in total. The molecule has 1 amide bonds. The third kappa shape index (κ3) is 4.97. The van der Waals surface area contributed by atoms with Crippen LogP contribution in [0.4, 0.5) is 0 Å². The van der Waals surface area contributed by atoms with E-state index in [1.807, 2.05) is 0 Å². The number of amidine groups is 1. The van der Waals surface area contributed by atoms with Crippen molar-refractivity contribution < 1.29 is 14.7 Å². The number of carbonyl (C=O) groups is 1. The Morgan fingerprint density at radius 3 is 2.65 bits per heavy atom. The van der Waals surface area contributed by atoms with Crippen LogP contribution in [0.3, 0.4) is 0 Å². The van der Waals surface area contributed by atoms with Gasteiger partial charge in [-0.1, -0.05) is 23.7 Å². The second kappa shape index (κ2) is 7.59. The number of halogens is 1. The van der Waals surface area contributed by atoms with Crippen molar-refractivity contribution in [2.24, 2.45) is 16.8 Å². The van der Waals surface area contributed by atoms with Crippen molar-refractivity contribution in [3.63, 3.8) is 0 Å². The normalized spacial score (nSPS) is 12.8. The van der Waals surface area contributed by atoms with Crippen molar-refractivity contribution in [2.75, 3.05) is 20.2 Å². The number of carbonyl (C=O) groups excluding carboxylic acids is 1. The van der Waals surface area contributed by atoms with Crippen LogP contribution in [-0.4, -0.2) is 42.0 Å². The van der Waals surface area contributed by atoms with E-state index in [9.17, 15) is 4.79 Å². The predicted molar refractivity (Wildman–Crippen MR) is 77.2 cm³/mol. The molecule has 0 radical (unpaired) electrons. The fourth-order valence-electron chi connectivity index (χ4n) is 1.49. The molecule has 20 heavy (non-hydrogen) atoms. The van der Waals surface area contributed by atoms with Gasteiger partial charge in [-0.15, -0.1) is 0 Å². The van der Waals surface area contributed by atoms with Crippen LogP contribution in [0.15, 0.2) is 29.4 Å².